The molecule has 0 fully saturated rings. The molecule has 29 heavy (non-hydrogen) atoms. The van der Waals surface area contributed by atoms with Crippen LogP contribution in [0.5, 0.6) is 0 Å². The first-order valence-electron chi connectivity index (χ1n) is 8.89. The highest BCUT2D eigenvalue weighted by molar-refractivity contribution is 7.92. The monoisotopic (exact) mass is 420 g/mol. The Labute approximate surface area is 170 Å². The van der Waals surface area contributed by atoms with Crippen molar-refractivity contribution in [3.63, 3.8) is 0 Å². The number of rotatable bonds is 9. The smallest absolute Gasteiger partial charge is 0.271 e. The van der Waals surface area contributed by atoms with Gasteiger partial charge in [0.15, 0.2) is 0 Å². The van der Waals surface area contributed by atoms with Crippen molar-refractivity contribution in [2.24, 2.45) is 0 Å². The molecule has 2 aromatic carbocycles. The summed E-state index contributed by atoms with van der Waals surface area (Å²) < 4.78 is 25.5. The average molecular weight is 420 g/mol. The summed E-state index contributed by atoms with van der Waals surface area (Å²) in [6.07, 6.45) is 0.957. The maximum absolute atomic E-state index is 12.6. The predicted octanol–water partition coefficient (Wildman–Crippen LogP) is 2.00. The Kier molecular flexibility index (Phi) is 7.16. The molecule has 156 valence electrons. The van der Waals surface area contributed by atoms with Gasteiger partial charge in [0.05, 0.1) is 16.9 Å². The minimum absolute atomic E-state index is 0.0609. The number of amides is 1. The van der Waals surface area contributed by atoms with Gasteiger partial charge < -0.3 is 10.2 Å². The van der Waals surface area contributed by atoms with Crippen molar-refractivity contribution in [2.75, 3.05) is 35.6 Å². The maximum Gasteiger partial charge on any atom is 0.271 e. The molecule has 0 heterocycles. The number of benzene rings is 2. The van der Waals surface area contributed by atoms with Crippen LogP contribution in [0, 0.1) is 10.1 Å². The van der Waals surface area contributed by atoms with Gasteiger partial charge in [-0.25, -0.2) is 8.42 Å². The van der Waals surface area contributed by atoms with E-state index in [9.17, 15) is 23.3 Å². The Morgan fingerprint density at radius 1 is 1.14 bits per heavy atom. The van der Waals surface area contributed by atoms with Gasteiger partial charge in [0.2, 0.25) is 15.9 Å². The highest BCUT2D eigenvalue weighted by Gasteiger charge is 2.29. The Morgan fingerprint density at radius 2 is 1.76 bits per heavy atom. The normalized spacial score (nSPS) is 12.1. The summed E-state index contributed by atoms with van der Waals surface area (Å²) in [7, 11) is -1.96. The molecule has 0 aromatic heterocycles. The van der Waals surface area contributed by atoms with Gasteiger partial charge in [0.25, 0.3) is 5.69 Å². The molecule has 1 amide bonds. The van der Waals surface area contributed by atoms with E-state index < -0.39 is 26.9 Å². The van der Waals surface area contributed by atoms with Crippen LogP contribution in [0.1, 0.15) is 6.92 Å². The van der Waals surface area contributed by atoms with E-state index >= 15 is 0 Å². The molecule has 1 unspecified atom stereocenters. The lowest BCUT2D eigenvalue weighted by molar-refractivity contribution is -0.384. The first-order valence-corrected chi connectivity index (χ1v) is 10.7. The van der Waals surface area contributed by atoms with E-state index in [0.717, 1.165) is 22.3 Å². The maximum atomic E-state index is 12.6. The third-order valence-electron chi connectivity index (χ3n) is 4.33. The molecule has 0 radical (unpaired) electrons. The SMILES string of the molecule is CC(C(=O)NCCN(C)c1ccccc1)N(c1cccc([N+](=O)[O-])c1)S(C)(=O)=O. The molecule has 0 aliphatic rings. The number of nitrogens with one attached hydrogen (secondary N) is 1. The average Bonchev–Trinajstić information content (AvgIpc) is 2.67. The second-order valence-electron chi connectivity index (χ2n) is 6.56. The van der Waals surface area contributed by atoms with Gasteiger partial charge in [0.1, 0.15) is 6.04 Å². The lowest BCUT2D eigenvalue weighted by Gasteiger charge is -2.28. The zero-order chi connectivity index (χ0) is 21.6. The Bertz CT molecular complexity index is 966. The molecule has 10 heteroatoms. The van der Waals surface area contributed by atoms with Gasteiger partial charge in [-0.3, -0.25) is 19.2 Å². The summed E-state index contributed by atoms with van der Waals surface area (Å²) in [5.41, 5.74) is 0.795. The van der Waals surface area contributed by atoms with E-state index in [2.05, 4.69) is 5.32 Å². The molecule has 1 atom stereocenters. The van der Waals surface area contributed by atoms with Gasteiger partial charge >= 0.3 is 0 Å². The fourth-order valence-electron chi connectivity index (χ4n) is 2.86. The predicted molar refractivity (Wildman–Crippen MR) is 113 cm³/mol. The van der Waals surface area contributed by atoms with Gasteiger partial charge in [-0.05, 0) is 25.1 Å². The number of sulfonamides is 1. The van der Waals surface area contributed by atoms with Gasteiger partial charge in [-0.2, -0.15) is 0 Å². The van der Waals surface area contributed by atoms with Gasteiger partial charge in [0, 0.05) is 38.0 Å². The van der Waals surface area contributed by atoms with Crippen LogP contribution in [0.2, 0.25) is 0 Å². The van der Waals surface area contributed by atoms with E-state index in [1.807, 2.05) is 42.3 Å². The second-order valence-corrected chi connectivity index (χ2v) is 8.42. The van der Waals surface area contributed by atoms with Crippen LogP contribution >= 0.6 is 0 Å². The highest BCUT2D eigenvalue weighted by atomic mass is 32.2. The van der Waals surface area contributed by atoms with Crippen LogP contribution in [0.3, 0.4) is 0 Å². The van der Waals surface area contributed by atoms with Crippen LogP contribution in [0.15, 0.2) is 54.6 Å². The summed E-state index contributed by atoms with van der Waals surface area (Å²) in [5, 5.41) is 13.7. The minimum Gasteiger partial charge on any atom is -0.373 e. The van der Waals surface area contributed by atoms with Crippen molar-refractivity contribution in [3.05, 3.63) is 64.7 Å². The van der Waals surface area contributed by atoms with Crippen LogP contribution in [-0.2, 0) is 14.8 Å². The number of anilines is 2. The van der Waals surface area contributed by atoms with Gasteiger partial charge in [-0.1, -0.05) is 24.3 Å². The number of carbonyl (C=O) groups is 1. The minimum atomic E-state index is -3.85. The zero-order valence-corrected chi connectivity index (χ0v) is 17.3. The lowest BCUT2D eigenvalue weighted by atomic mass is 10.2. The molecule has 0 saturated heterocycles. The molecule has 2 rings (SSSR count). The standard InChI is InChI=1S/C19H24N4O5S/c1-15(19(24)20-12-13-21(2)16-8-5-4-6-9-16)22(29(3,27)28)17-10-7-11-18(14-17)23(25)26/h4-11,14-15H,12-13H2,1-3H3,(H,20,24). The summed E-state index contributed by atoms with van der Waals surface area (Å²) in [5.74, 6) is -0.497. The van der Waals surface area contributed by atoms with E-state index in [4.69, 9.17) is 0 Å². The number of nitrogens with zero attached hydrogens (tertiary/aromatic N) is 3. The van der Waals surface area contributed by atoms with E-state index in [-0.39, 0.29) is 11.4 Å². The largest absolute Gasteiger partial charge is 0.373 e. The number of hydrogen-bond donors (Lipinski definition) is 1. The molecule has 0 aliphatic heterocycles. The summed E-state index contributed by atoms with van der Waals surface area (Å²) in [4.78, 5) is 24.9. The van der Waals surface area contributed by atoms with Crippen LogP contribution < -0.4 is 14.5 Å². The third-order valence-corrected chi connectivity index (χ3v) is 5.57. The highest BCUT2D eigenvalue weighted by Crippen LogP contribution is 2.25. The Morgan fingerprint density at radius 3 is 2.34 bits per heavy atom. The number of para-hydroxylation sites is 1. The van der Waals surface area contributed by atoms with Crippen molar-refractivity contribution in [1.82, 2.24) is 5.32 Å². The molecule has 0 bridgehead atoms. The molecule has 0 spiro atoms. The van der Waals surface area contributed by atoms with Crippen molar-refractivity contribution in [2.45, 2.75) is 13.0 Å². The fourth-order valence-corrected chi connectivity index (χ4v) is 4.03. The topological polar surface area (TPSA) is 113 Å². The van der Waals surface area contributed by atoms with Crippen molar-refractivity contribution in [3.8, 4) is 0 Å². The number of hydrogen-bond acceptors (Lipinski definition) is 6. The van der Waals surface area contributed by atoms with E-state index in [1.54, 1.807) is 0 Å². The van der Waals surface area contributed by atoms with E-state index in [1.165, 1.54) is 25.1 Å². The lowest BCUT2D eigenvalue weighted by Crippen LogP contribution is -2.49. The number of carbonyl (C=O) groups excluding carboxylic acids is 1. The Balaban J connectivity index is 2.09. The van der Waals surface area contributed by atoms with Gasteiger partial charge in [-0.15, -0.1) is 0 Å². The Hall–Kier alpha value is -3.14. The van der Waals surface area contributed by atoms with Crippen molar-refractivity contribution in [1.29, 1.82) is 0 Å². The third kappa shape index (κ3) is 5.92. The number of non-ortho nitro benzene ring substituents is 1. The first kappa shape index (κ1) is 22.2. The van der Waals surface area contributed by atoms with Crippen LogP contribution in [-0.4, -0.2) is 51.7 Å². The second kappa shape index (κ2) is 9.37. The summed E-state index contributed by atoms with van der Waals surface area (Å²) >= 11 is 0. The van der Waals surface area contributed by atoms with Crippen molar-refractivity contribution >= 4 is 33.0 Å². The van der Waals surface area contributed by atoms with Crippen LogP contribution in [0.4, 0.5) is 17.1 Å². The molecule has 0 saturated carbocycles. The summed E-state index contributed by atoms with van der Waals surface area (Å²) in [6, 6.07) is 13.7. The molecule has 0 aliphatic carbocycles. The molecular weight excluding hydrogens is 396 g/mol. The molecule has 9 nitrogen and oxygen atoms in total. The number of nitro benzene ring substituents is 1. The molecule has 2 aromatic rings. The first-order chi connectivity index (χ1) is 13.6. The van der Waals surface area contributed by atoms with E-state index in [0.29, 0.717) is 13.1 Å². The van der Waals surface area contributed by atoms with Crippen molar-refractivity contribution < 1.29 is 18.1 Å². The quantitative estimate of drug-likeness (QED) is 0.490. The molecule has 1 N–H and O–H groups in total. The fraction of sp³-hybridized carbons (Fsp3) is 0.316. The zero-order valence-electron chi connectivity index (χ0n) is 16.5. The molecular formula is C19H24N4O5S. The number of nitro groups is 1. The number of likely N-dealkylation sites (N-methyl/N-ethyl adjacent to an activating group) is 1. The summed E-state index contributed by atoms with van der Waals surface area (Å²) in [6.45, 7) is 2.27. The van der Waals surface area contributed by atoms with Crippen LogP contribution in [0.25, 0.3) is 0 Å².